The maximum atomic E-state index is 6.06. The molecule has 0 saturated carbocycles. The molecule has 0 aromatic heterocycles. The Labute approximate surface area is 104 Å². The molecule has 1 N–H and O–H groups in total. The standard InChI is InChI=1S/C11H15ClIN/c1-3-6-14-8(2)9-4-5-11(13)10(12)7-9/h4-5,7-8,14H,3,6H2,1-2H3. The van der Waals surface area contributed by atoms with Gasteiger partial charge in [-0.2, -0.15) is 0 Å². The minimum absolute atomic E-state index is 0.379. The third kappa shape index (κ3) is 3.41. The van der Waals surface area contributed by atoms with Gasteiger partial charge in [0.25, 0.3) is 0 Å². The van der Waals surface area contributed by atoms with E-state index < -0.39 is 0 Å². The molecule has 0 amide bonds. The third-order valence-corrected chi connectivity index (χ3v) is 3.72. The molecule has 0 spiro atoms. The van der Waals surface area contributed by atoms with Gasteiger partial charge in [-0.3, -0.25) is 0 Å². The van der Waals surface area contributed by atoms with Gasteiger partial charge in [0.1, 0.15) is 0 Å². The van der Waals surface area contributed by atoms with Gasteiger partial charge in [-0.15, -0.1) is 0 Å². The average Bonchev–Trinajstić information content (AvgIpc) is 2.18. The molecule has 0 saturated heterocycles. The summed E-state index contributed by atoms with van der Waals surface area (Å²) in [5.41, 5.74) is 1.25. The molecule has 0 aliphatic heterocycles. The van der Waals surface area contributed by atoms with Gasteiger partial charge in [-0.1, -0.05) is 24.6 Å². The molecule has 0 bridgehead atoms. The van der Waals surface area contributed by atoms with Gasteiger partial charge in [0.2, 0.25) is 0 Å². The molecule has 0 aliphatic carbocycles. The summed E-state index contributed by atoms with van der Waals surface area (Å²) in [7, 11) is 0. The molecule has 0 fully saturated rings. The van der Waals surface area contributed by atoms with Crippen molar-refractivity contribution in [3.8, 4) is 0 Å². The van der Waals surface area contributed by atoms with Crippen LogP contribution in [0.25, 0.3) is 0 Å². The molecular weight excluding hydrogens is 308 g/mol. The third-order valence-electron chi connectivity index (χ3n) is 2.14. The van der Waals surface area contributed by atoms with Crippen molar-refractivity contribution in [1.29, 1.82) is 0 Å². The molecule has 1 unspecified atom stereocenters. The second kappa shape index (κ2) is 5.93. The lowest BCUT2D eigenvalue weighted by Gasteiger charge is -2.14. The number of benzene rings is 1. The first-order valence-electron chi connectivity index (χ1n) is 4.83. The molecule has 3 heteroatoms. The van der Waals surface area contributed by atoms with Crippen molar-refractivity contribution < 1.29 is 0 Å². The van der Waals surface area contributed by atoms with Crippen molar-refractivity contribution in [2.24, 2.45) is 0 Å². The van der Waals surface area contributed by atoms with E-state index >= 15 is 0 Å². The minimum atomic E-state index is 0.379. The molecule has 1 atom stereocenters. The van der Waals surface area contributed by atoms with Gasteiger partial charge >= 0.3 is 0 Å². The van der Waals surface area contributed by atoms with Gasteiger partial charge in [-0.05, 0) is 60.2 Å². The quantitative estimate of drug-likeness (QED) is 0.826. The zero-order valence-corrected chi connectivity index (χ0v) is 11.4. The first kappa shape index (κ1) is 12.3. The van der Waals surface area contributed by atoms with E-state index in [0.717, 1.165) is 21.6 Å². The van der Waals surface area contributed by atoms with Crippen LogP contribution in [-0.4, -0.2) is 6.54 Å². The van der Waals surface area contributed by atoms with Gasteiger partial charge < -0.3 is 5.32 Å². The summed E-state index contributed by atoms with van der Waals surface area (Å²) < 4.78 is 1.11. The van der Waals surface area contributed by atoms with Crippen molar-refractivity contribution in [1.82, 2.24) is 5.32 Å². The topological polar surface area (TPSA) is 12.0 Å². The number of halogens is 2. The van der Waals surface area contributed by atoms with Crippen LogP contribution < -0.4 is 5.32 Å². The molecule has 1 aromatic carbocycles. The zero-order chi connectivity index (χ0) is 10.6. The van der Waals surface area contributed by atoms with E-state index in [1.807, 2.05) is 6.07 Å². The summed E-state index contributed by atoms with van der Waals surface area (Å²) in [6.45, 7) is 5.37. The fraction of sp³-hybridized carbons (Fsp3) is 0.455. The molecular formula is C11H15ClIN. The van der Waals surface area contributed by atoms with Crippen molar-refractivity contribution in [2.75, 3.05) is 6.54 Å². The molecule has 1 nitrogen and oxygen atoms in total. The second-order valence-electron chi connectivity index (χ2n) is 3.35. The maximum Gasteiger partial charge on any atom is 0.0542 e. The van der Waals surface area contributed by atoms with E-state index in [0.29, 0.717) is 6.04 Å². The van der Waals surface area contributed by atoms with Crippen LogP contribution in [0.5, 0.6) is 0 Å². The maximum absolute atomic E-state index is 6.06. The van der Waals surface area contributed by atoms with Crippen molar-refractivity contribution in [3.63, 3.8) is 0 Å². The van der Waals surface area contributed by atoms with E-state index in [4.69, 9.17) is 11.6 Å². The fourth-order valence-corrected chi connectivity index (χ4v) is 1.78. The monoisotopic (exact) mass is 323 g/mol. The van der Waals surface area contributed by atoms with E-state index in [9.17, 15) is 0 Å². The number of hydrogen-bond acceptors (Lipinski definition) is 1. The lowest BCUT2D eigenvalue weighted by atomic mass is 10.1. The van der Waals surface area contributed by atoms with Crippen LogP contribution in [0, 0.1) is 3.57 Å². The molecule has 1 rings (SSSR count). The van der Waals surface area contributed by atoms with Crippen molar-refractivity contribution in [2.45, 2.75) is 26.3 Å². The van der Waals surface area contributed by atoms with E-state index in [1.54, 1.807) is 0 Å². The highest BCUT2D eigenvalue weighted by atomic mass is 127. The summed E-state index contributed by atoms with van der Waals surface area (Å²) in [4.78, 5) is 0. The predicted molar refractivity (Wildman–Crippen MR) is 70.9 cm³/mol. The van der Waals surface area contributed by atoms with E-state index in [2.05, 4.69) is 53.9 Å². The predicted octanol–water partition coefficient (Wildman–Crippen LogP) is 4.01. The number of hydrogen-bond donors (Lipinski definition) is 1. The Balaban J connectivity index is 2.70. The summed E-state index contributed by atoms with van der Waals surface area (Å²) >= 11 is 8.30. The Morgan fingerprint density at radius 1 is 1.50 bits per heavy atom. The van der Waals surface area contributed by atoms with Crippen molar-refractivity contribution >= 4 is 34.2 Å². The summed E-state index contributed by atoms with van der Waals surface area (Å²) in [5, 5.41) is 4.28. The van der Waals surface area contributed by atoms with Crippen LogP contribution in [0.3, 0.4) is 0 Å². The van der Waals surface area contributed by atoms with Crippen LogP contribution in [0.1, 0.15) is 31.9 Å². The highest BCUT2D eigenvalue weighted by molar-refractivity contribution is 14.1. The SMILES string of the molecule is CCCNC(C)c1ccc(I)c(Cl)c1. The smallest absolute Gasteiger partial charge is 0.0542 e. The van der Waals surface area contributed by atoms with E-state index in [1.165, 1.54) is 5.56 Å². The van der Waals surface area contributed by atoms with Crippen LogP contribution in [-0.2, 0) is 0 Å². The Morgan fingerprint density at radius 2 is 2.21 bits per heavy atom. The molecule has 0 heterocycles. The van der Waals surface area contributed by atoms with Gasteiger partial charge in [-0.25, -0.2) is 0 Å². The summed E-state index contributed by atoms with van der Waals surface area (Å²) in [5.74, 6) is 0. The summed E-state index contributed by atoms with van der Waals surface area (Å²) in [6, 6.07) is 6.60. The molecule has 14 heavy (non-hydrogen) atoms. The minimum Gasteiger partial charge on any atom is -0.310 e. The van der Waals surface area contributed by atoms with Crippen LogP contribution in [0.4, 0.5) is 0 Å². The van der Waals surface area contributed by atoms with Gasteiger partial charge in [0.15, 0.2) is 0 Å². The first-order valence-corrected chi connectivity index (χ1v) is 6.29. The summed E-state index contributed by atoms with van der Waals surface area (Å²) in [6.07, 6.45) is 1.16. The zero-order valence-electron chi connectivity index (χ0n) is 8.48. The van der Waals surface area contributed by atoms with Crippen LogP contribution in [0.2, 0.25) is 5.02 Å². The van der Waals surface area contributed by atoms with Crippen LogP contribution >= 0.6 is 34.2 Å². The fourth-order valence-electron chi connectivity index (χ4n) is 1.26. The van der Waals surface area contributed by atoms with Gasteiger partial charge in [0.05, 0.1) is 5.02 Å². The largest absolute Gasteiger partial charge is 0.310 e. The Hall–Kier alpha value is 0.200. The van der Waals surface area contributed by atoms with E-state index in [-0.39, 0.29) is 0 Å². The molecule has 0 radical (unpaired) electrons. The highest BCUT2D eigenvalue weighted by Crippen LogP contribution is 2.22. The normalized spacial score (nSPS) is 12.9. The second-order valence-corrected chi connectivity index (χ2v) is 4.92. The highest BCUT2D eigenvalue weighted by Gasteiger charge is 2.05. The average molecular weight is 324 g/mol. The molecule has 1 aromatic rings. The Kier molecular flexibility index (Phi) is 5.20. The first-order chi connectivity index (χ1) is 6.65. The number of rotatable bonds is 4. The Morgan fingerprint density at radius 3 is 2.79 bits per heavy atom. The lowest BCUT2D eigenvalue weighted by molar-refractivity contribution is 0.570. The van der Waals surface area contributed by atoms with Gasteiger partial charge in [0, 0.05) is 9.61 Å². The van der Waals surface area contributed by atoms with Crippen LogP contribution in [0.15, 0.2) is 18.2 Å². The Bertz CT molecular complexity index is 301. The number of nitrogens with one attached hydrogen (secondary N) is 1. The lowest BCUT2D eigenvalue weighted by Crippen LogP contribution is -2.19. The molecule has 0 aliphatic rings. The van der Waals surface area contributed by atoms with Crippen molar-refractivity contribution in [3.05, 3.63) is 32.4 Å². The molecule has 78 valence electrons.